The highest BCUT2D eigenvalue weighted by atomic mass is 16.6. The third-order valence-corrected chi connectivity index (χ3v) is 7.20. The number of hydrogen-bond donors (Lipinski definition) is 1. The van der Waals surface area contributed by atoms with Crippen molar-refractivity contribution in [2.75, 3.05) is 20.6 Å². The van der Waals surface area contributed by atoms with E-state index < -0.39 is 72.1 Å². The normalized spacial score (nSPS) is 38.1. The maximum Gasteiger partial charge on any atom is 0.411 e. The number of fused-ring (bicyclic) bond motifs is 4. The first-order valence-electron chi connectivity index (χ1n) is 11.8. The fraction of sp³-hybridized carbons (Fsp3) is 0.750. The van der Waals surface area contributed by atoms with Crippen LogP contribution in [0.4, 0.5) is 4.79 Å². The number of rotatable bonds is 4. The van der Waals surface area contributed by atoms with E-state index in [0.29, 0.717) is 6.42 Å². The first kappa shape index (κ1) is 25.4. The standard InChI is InChI=1S/C24H34N2O9/c1-11-16-13-8-12(21(30)32-13)17(25(6)7)18(19-24(5,34-19)9-14(16)33-20(11)29)26(10-15(27)28)22(31)35-23(2,3)4/h8,11,13-14,16-19H,9-10H2,1-7H3,(H,27,28). The highest BCUT2D eigenvalue weighted by Gasteiger charge is 2.65. The van der Waals surface area contributed by atoms with Crippen molar-refractivity contribution in [3.8, 4) is 0 Å². The van der Waals surface area contributed by atoms with Crippen molar-refractivity contribution >= 4 is 24.0 Å². The molecule has 4 aliphatic rings. The van der Waals surface area contributed by atoms with E-state index in [0.717, 1.165) is 4.90 Å². The molecule has 8 unspecified atom stereocenters. The molecule has 2 bridgehead atoms. The topological polar surface area (TPSA) is 135 Å². The van der Waals surface area contributed by atoms with Gasteiger partial charge in [0, 0.05) is 12.3 Å². The van der Waals surface area contributed by atoms with Gasteiger partial charge >= 0.3 is 24.0 Å². The van der Waals surface area contributed by atoms with E-state index in [2.05, 4.69) is 0 Å². The SMILES string of the molecule is CC1C(=O)OC2CC3(C)OC3C(N(CC(=O)O)C(=O)OC(C)(C)C)C(N(C)C)C3=CC(OC3=O)C21. The van der Waals surface area contributed by atoms with Crippen LogP contribution in [0.3, 0.4) is 0 Å². The predicted molar refractivity (Wildman–Crippen MR) is 120 cm³/mol. The van der Waals surface area contributed by atoms with E-state index in [-0.39, 0.29) is 17.5 Å². The summed E-state index contributed by atoms with van der Waals surface area (Å²) in [5, 5.41) is 9.67. The Balaban J connectivity index is 1.83. The van der Waals surface area contributed by atoms with Gasteiger partial charge in [0.1, 0.15) is 30.5 Å². The molecule has 1 aliphatic carbocycles. The first-order chi connectivity index (χ1) is 16.1. The molecule has 0 aromatic rings. The van der Waals surface area contributed by atoms with Crippen molar-refractivity contribution in [1.29, 1.82) is 0 Å². The van der Waals surface area contributed by atoms with Crippen LogP contribution < -0.4 is 0 Å². The van der Waals surface area contributed by atoms with Gasteiger partial charge in [0.15, 0.2) is 0 Å². The lowest BCUT2D eigenvalue weighted by molar-refractivity contribution is -0.144. The molecule has 2 saturated heterocycles. The molecule has 0 saturated carbocycles. The summed E-state index contributed by atoms with van der Waals surface area (Å²) in [6, 6.07) is -1.62. The Morgan fingerprint density at radius 3 is 2.46 bits per heavy atom. The highest BCUT2D eigenvalue weighted by molar-refractivity contribution is 5.93. The summed E-state index contributed by atoms with van der Waals surface area (Å²) in [7, 11) is 3.48. The minimum absolute atomic E-state index is 0.286. The van der Waals surface area contributed by atoms with Gasteiger partial charge in [-0.2, -0.15) is 0 Å². The summed E-state index contributed by atoms with van der Waals surface area (Å²) in [5.41, 5.74) is -1.40. The average Bonchev–Trinajstić information content (AvgIpc) is 3.08. The fourth-order valence-electron chi connectivity index (χ4n) is 5.64. The molecule has 35 heavy (non-hydrogen) atoms. The van der Waals surface area contributed by atoms with Gasteiger partial charge < -0.3 is 29.0 Å². The monoisotopic (exact) mass is 494 g/mol. The van der Waals surface area contributed by atoms with Crippen LogP contribution >= 0.6 is 0 Å². The Labute approximate surface area is 204 Å². The number of epoxide rings is 1. The number of likely N-dealkylation sites (N-methyl/N-ethyl adjacent to an activating group) is 1. The van der Waals surface area contributed by atoms with Crippen LogP contribution in [0.5, 0.6) is 0 Å². The molecule has 0 spiro atoms. The molecule has 11 heteroatoms. The number of esters is 2. The zero-order valence-electron chi connectivity index (χ0n) is 21.1. The Hall–Kier alpha value is -2.66. The number of amides is 1. The summed E-state index contributed by atoms with van der Waals surface area (Å²) >= 11 is 0. The number of carboxylic acid groups (broad SMARTS) is 1. The molecule has 3 aliphatic heterocycles. The van der Waals surface area contributed by atoms with E-state index in [1.54, 1.807) is 52.8 Å². The van der Waals surface area contributed by atoms with Crippen molar-refractivity contribution in [2.45, 2.75) is 82.6 Å². The van der Waals surface area contributed by atoms with E-state index in [1.165, 1.54) is 0 Å². The number of aliphatic carboxylic acids is 1. The minimum atomic E-state index is -1.23. The molecule has 0 radical (unpaired) electrons. The largest absolute Gasteiger partial charge is 0.480 e. The number of ether oxygens (including phenoxy) is 4. The van der Waals surface area contributed by atoms with E-state index in [4.69, 9.17) is 18.9 Å². The van der Waals surface area contributed by atoms with Crippen LogP contribution in [0.15, 0.2) is 11.6 Å². The van der Waals surface area contributed by atoms with Crippen LogP contribution in [-0.4, -0.2) is 101 Å². The van der Waals surface area contributed by atoms with Crippen LogP contribution in [0.25, 0.3) is 0 Å². The van der Waals surface area contributed by atoms with Crippen LogP contribution in [0.1, 0.15) is 41.0 Å². The van der Waals surface area contributed by atoms with Gasteiger partial charge in [-0.15, -0.1) is 0 Å². The second-order valence-corrected chi connectivity index (χ2v) is 11.3. The molecular weight excluding hydrogens is 460 g/mol. The fourth-order valence-corrected chi connectivity index (χ4v) is 5.64. The summed E-state index contributed by atoms with van der Waals surface area (Å²) in [4.78, 5) is 53.6. The molecule has 1 N–H and O–H groups in total. The third-order valence-electron chi connectivity index (χ3n) is 7.20. The number of hydrogen-bond acceptors (Lipinski definition) is 9. The molecule has 1 amide bonds. The molecule has 194 valence electrons. The van der Waals surface area contributed by atoms with Gasteiger partial charge in [0.05, 0.1) is 29.2 Å². The van der Waals surface area contributed by atoms with Crippen molar-refractivity contribution in [1.82, 2.24) is 9.80 Å². The Bertz CT molecular complexity index is 971. The third kappa shape index (κ3) is 4.63. The van der Waals surface area contributed by atoms with Crippen molar-refractivity contribution in [3.63, 3.8) is 0 Å². The Morgan fingerprint density at radius 1 is 1.23 bits per heavy atom. The molecule has 8 atom stereocenters. The second kappa shape index (κ2) is 8.48. The average molecular weight is 495 g/mol. The maximum absolute atomic E-state index is 13.3. The van der Waals surface area contributed by atoms with E-state index in [1.807, 2.05) is 6.92 Å². The predicted octanol–water partition coefficient (Wildman–Crippen LogP) is 1.20. The summed E-state index contributed by atoms with van der Waals surface area (Å²) in [6.07, 6.45) is -0.680. The second-order valence-electron chi connectivity index (χ2n) is 11.3. The van der Waals surface area contributed by atoms with Gasteiger partial charge in [-0.1, -0.05) is 6.92 Å². The number of carboxylic acids is 1. The van der Waals surface area contributed by atoms with Crippen molar-refractivity contribution in [3.05, 3.63) is 11.6 Å². The molecule has 3 heterocycles. The van der Waals surface area contributed by atoms with E-state index >= 15 is 0 Å². The van der Waals surface area contributed by atoms with E-state index in [9.17, 15) is 24.3 Å². The lowest BCUT2D eigenvalue weighted by Crippen LogP contribution is -2.59. The summed E-state index contributed by atoms with van der Waals surface area (Å²) in [6.45, 7) is 8.03. The Kier molecular flexibility index (Phi) is 6.16. The summed E-state index contributed by atoms with van der Waals surface area (Å²) in [5.74, 6) is -3.00. The van der Waals surface area contributed by atoms with Gasteiger partial charge in [-0.3, -0.25) is 14.5 Å². The van der Waals surface area contributed by atoms with Gasteiger partial charge in [-0.05, 0) is 47.9 Å². The molecule has 2 fully saturated rings. The van der Waals surface area contributed by atoms with Crippen molar-refractivity contribution < 1.29 is 43.2 Å². The number of carbonyl (C=O) groups excluding carboxylic acids is 3. The lowest BCUT2D eigenvalue weighted by Gasteiger charge is -2.39. The van der Waals surface area contributed by atoms with Crippen molar-refractivity contribution in [2.24, 2.45) is 11.8 Å². The summed E-state index contributed by atoms with van der Waals surface area (Å²) < 4.78 is 23.1. The maximum atomic E-state index is 13.3. The molecule has 4 rings (SSSR count). The lowest BCUT2D eigenvalue weighted by atomic mass is 9.79. The Morgan fingerprint density at radius 2 is 1.89 bits per heavy atom. The number of nitrogens with zero attached hydrogens (tertiary/aromatic N) is 2. The first-order valence-corrected chi connectivity index (χ1v) is 11.8. The molecule has 0 aromatic carbocycles. The highest BCUT2D eigenvalue weighted by Crippen LogP contribution is 2.51. The van der Waals surface area contributed by atoms with Gasteiger partial charge in [-0.25, -0.2) is 9.59 Å². The zero-order chi connectivity index (χ0) is 26.0. The molecule has 0 aromatic heterocycles. The van der Waals surface area contributed by atoms with Gasteiger partial charge in [0.2, 0.25) is 0 Å². The smallest absolute Gasteiger partial charge is 0.411 e. The number of carbonyl (C=O) groups is 4. The molecular formula is C24H34N2O9. The quantitative estimate of drug-likeness (QED) is 0.345. The van der Waals surface area contributed by atoms with Crippen LogP contribution in [0, 0.1) is 11.8 Å². The van der Waals surface area contributed by atoms with Gasteiger partial charge in [0.25, 0.3) is 0 Å². The zero-order valence-corrected chi connectivity index (χ0v) is 21.1. The van der Waals surface area contributed by atoms with Crippen LogP contribution in [0.2, 0.25) is 0 Å². The minimum Gasteiger partial charge on any atom is -0.480 e. The molecule has 11 nitrogen and oxygen atoms in total. The van der Waals surface area contributed by atoms with Crippen LogP contribution in [-0.2, 0) is 33.3 Å².